The minimum atomic E-state index is -0.537. The first-order chi connectivity index (χ1) is 8.13. The first kappa shape index (κ1) is 11.3. The predicted molar refractivity (Wildman–Crippen MR) is 64.7 cm³/mol. The van der Waals surface area contributed by atoms with Crippen molar-refractivity contribution in [2.45, 2.75) is 19.4 Å². The molecular formula is C13H13N3O. The number of hydrogen-bond acceptors (Lipinski definition) is 3. The minimum Gasteiger partial charge on any atom is -0.241 e. The van der Waals surface area contributed by atoms with Crippen molar-refractivity contribution in [3.63, 3.8) is 0 Å². The maximum atomic E-state index is 10.3. The Morgan fingerprint density at radius 2 is 2.00 bits per heavy atom. The number of carbonyl (C=O) groups excluding carboxylic acids is 1. The Labute approximate surface area is 99.6 Å². The molecule has 4 nitrogen and oxygen atoms in total. The summed E-state index contributed by atoms with van der Waals surface area (Å²) in [5.74, 6) is 0. The van der Waals surface area contributed by atoms with Gasteiger partial charge in [0.2, 0.25) is 6.08 Å². The molecular weight excluding hydrogens is 214 g/mol. The standard InChI is InChI=1S/C13H13N3O/c1-13(2,14-10-17)11-4-6-12(7-5-11)16-9-3-8-15-16/h3-9H,1-2H3. The quantitative estimate of drug-likeness (QED) is 0.597. The second kappa shape index (κ2) is 4.36. The smallest absolute Gasteiger partial charge is 0.235 e. The van der Waals surface area contributed by atoms with Crippen molar-refractivity contribution in [2.24, 2.45) is 4.99 Å². The van der Waals surface area contributed by atoms with Crippen molar-refractivity contribution in [1.82, 2.24) is 9.78 Å². The van der Waals surface area contributed by atoms with Crippen LogP contribution in [0.5, 0.6) is 0 Å². The van der Waals surface area contributed by atoms with Crippen LogP contribution in [-0.4, -0.2) is 15.9 Å². The van der Waals surface area contributed by atoms with Gasteiger partial charge in [0.1, 0.15) is 0 Å². The summed E-state index contributed by atoms with van der Waals surface area (Å²) in [7, 11) is 0. The van der Waals surface area contributed by atoms with Crippen LogP contribution in [0.1, 0.15) is 19.4 Å². The number of isocyanates is 1. The zero-order valence-corrected chi connectivity index (χ0v) is 9.79. The second-order valence-electron chi connectivity index (χ2n) is 4.26. The summed E-state index contributed by atoms with van der Waals surface area (Å²) in [5, 5.41) is 4.15. The van der Waals surface area contributed by atoms with Crippen LogP contribution in [0, 0.1) is 0 Å². The van der Waals surface area contributed by atoms with Gasteiger partial charge in [-0.15, -0.1) is 0 Å². The van der Waals surface area contributed by atoms with Crippen molar-refractivity contribution in [3.8, 4) is 5.69 Å². The molecule has 4 heteroatoms. The van der Waals surface area contributed by atoms with Crippen LogP contribution in [0.15, 0.2) is 47.7 Å². The summed E-state index contributed by atoms with van der Waals surface area (Å²) in [6.07, 6.45) is 5.22. The fourth-order valence-corrected chi connectivity index (χ4v) is 1.62. The van der Waals surface area contributed by atoms with E-state index in [1.807, 2.05) is 50.4 Å². The monoisotopic (exact) mass is 227 g/mol. The van der Waals surface area contributed by atoms with Gasteiger partial charge in [0.15, 0.2) is 0 Å². The van der Waals surface area contributed by atoms with Crippen LogP contribution < -0.4 is 0 Å². The molecule has 1 heterocycles. The molecule has 0 radical (unpaired) electrons. The number of rotatable bonds is 3. The Hall–Kier alpha value is -2.19. The lowest BCUT2D eigenvalue weighted by Crippen LogP contribution is -2.13. The second-order valence-corrected chi connectivity index (χ2v) is 4.26. The molecule has 0 N–H and O–H groups in total. The van der Waals surface area contributed by atoms with E-state index in [2.05, 4.69) is 10.1 Å². The first-order valence-electron chi connectivity index (χ1n) is 5.33. The van der Waals surface area contributed by atoms with E-state index >= 15 is 0 Å². The molecule has 0 amide bonds. The summed E-state index contributed by atoms with van der Waals surface area (Å²) >= 11 is 0. The van der Waals surface area contributed by atoms with E-state index in [1.54, 1.807) is 17.0 Å². The summed E-state index contributed by atoms with van der Waals surface area (Å²) < 4.78 is 1.78. The molecule has 0 spiro atoms. The molecule has 0 aliphatic heterocycles. The van der Waals surface area contributed by atoms with E-state index in [0.29, 0.717) is 0 Å². The van der Waals surface area contributed by atoms with Crippen LogP contribution >= 0.6 is 0 Å². The van der Waals surface area contributed by atoms with Crippen molar-refractivity contribution in [3.05, 3.63) is 48.3 Å². The van der Waals surface area contributed by atoms with Gasteiger partial charge in [-0.3, -0.25) is 0 Å². The molecule has 0 saturated carbocycles. The fourth-order valence-electron chi connectivity index (χ4n) is 1.62. The number of benzene rings is 1. The predicted octanol–water partition coefficient (Wildman–Crippen LogP) is 2.44. The lowest BCUT2D eigenvalue weighted by atomic mass is 9.95. The molecule has 0 atom stereocenters. The van der Waals surface area contributed by atoms with Gasteiger partial charge in [0.25, 0.3) is 0 Å². The minimum absolute atomic E-state index is 0.537. The maximum Gasteiger partial charge on any atom is 0.235 e. The molecule has 1 aromatic heterocycles. The molecule has 0 saturated heterocycles. The summed E-state index contributed by atoms with van der Waals surface area (Å²) in [4.78, 5) is 14.1. The van der Waals surface area contributed by atoms with Crippen LogP contribution in [0.25, 0.3) is 5.69 Å². The highest BCUT2D eigenvalue weighted by Crippen LogP contribution is 2.24. The Kier molecular flexibility index (Phi) is 2.90. The van der Waals surface area contributed by atoms with E-state index in [4.69, 9.17) is 0 Å². The highest BCUT2D eigenvalue weighted by atomic mass is 16.1. The summed E-state index contributed by atoms with van der Waals surface area (Å²) in [6.45, 7) is 3.75. The average molecular weight is 227 g/mol. The third kappa shape index (κ3) is 2.32. The molecule has 2 aromatic rings. The number of aromatic nitrogens is 2. The highest BCUT2D eigenvalue weighted by molar-refractivity contribution is 5.40. The highest BCUT2D eigenvalue weighted by Gasteiger charge is 2.18. The van der Waals surface area contributed by atoms with Gasteiger partial charge in [0, 0.05) is 12.4 Å². The van der Waals surface area contributed by atoms with Crippen LogP contribution in [0.4, 0.5) is 0 Å². The lowest BCUT2D eigenvalue weighted by Gasteiger charge is -2.18. The van der Waals surface area contributed by atoms with Gasteiger partial charge in [0.05, 0.1) is 11.2 Å². The van der Waals surface area contributed by atoms with Gasteiger partial charge in [-0.05, 0) is 37.6 Å². The Bertz CT molecular complexity index is 535. The van der Waals surface area contributed by atoms with Crippen molar-refractivity contribution in [1.29, 1.82) is 0 Å². The first-order valence-corrected chi connectivity index (χ1v) is 5.33. The van der Waals surface area contributed by atoms with Gasteiger partial charge >= 0.3 is 0 Å². The fraction of sp³-hybridized carbons (Fsp3) is 0.231. The normalized spacial score (nSPS) is 10.9. The Balaban J connectivity index is 2.33. The van der Waals surface area contributed by atoms with Gasteiger partial charge in [-0.1, -0.05) is 12.1 Å². The molecule has 86 valence electrons. The topological polar surface area (TPSA) is 47.2 Å². The molecule has 0 aliphatic rings. The Morgan fingerprint density at radius 3 is 2.53 bits per heavy atom. The molecule has 1 aromatic carbocycles. The molecule has 0 aliphatic carbocycles. The molecule has 0 unspecified atom stereocenters. The third-order valence-electron chi connectivity index (χ3n) is 2.67. The number of nitrogens with zero attached hydrogens (tertiary/aromatic N) is 3. The summed E-state index contributed by atoms with van der Waals surface area (Å²) in [5.41, 5.74) is 1.41. The van der Waals surface area contributed by atoms with Crippen molar-refractivity contribution >= 4 is 6.08 Å². The van der Waals surface area contributed by atoms with E-state index in [-0.39, 0.29) is 0 Å². The van der Waals surface area contributed by atoms with Gasteiger partial charge in [-0.2, -0.15) is 10.1 Å². The average Bonchev–Trinajstić information content (AvgIpc) is 2.82. The van der Waals surface area contributed by atoms with Crippen molar-refractivity contribution in [2.75, 3.05) is 0 Å². The zero-order chi connectivity index (χ0) is 12.3. The van der Waals surface area contributed by atoms with Crippen LogP contribution in [-0.2, 0) is 10.3 Å². The van der Waals surface area contributed by atoms with Gasteiger partial charge in [-0.25, -0.2) is 9.48 Å². The summed E-state index contributed by atoms with van der Waals surface area (Å²) in [6, 6.07) is 9.65. The van der Waals surface area contributed by atoms with E-state index in [9.17, 15) is 4.79 Å². The van der Waals surface area contributed by atoms with Crippen LogP contribution in [0.3, 0.4) is 0 Å². The van der Waals surface area contributed by atoms with Gasteiger partial charge < -0.3 is 0 Å². The molecule has 0 fully saturated rings. The number of aliphatic imine (C=N–C) groups is 1. The molecule has 0 bridgehead atoms. The Morgan fingerprint density at radius 1 is 1.29 bits per heavy atom. The third-order valence-corrected chi connectivity index (χ3v) is 2.67. The zero-order valence-electron chi connectivity index (χ0n) is 9.79. The SMILES string of the molecule is CC(C)(N=C=O)c1ccc(-n2cccn2)cc1. The number of hydrogen-bond donors (Lipinski definition) is 0. The van der Waals surface area contributed by atoms with E-state index < -0.39 is 5.54 Å². The molecule has 2 rings (SSSR count). The molecule has 17 heavy (non-hydrogen) atoms. The largest absolute Gasteiger partial charge is 0.241 e. The maximum absolute atomic E-state index is 10.3. The van der Waals surface area contributed by atoms with Crippen molar-refractivity contribution < 1.29 is 4.79 Å². The van der Waals surface area contributed by atoms with E-state index in [0.717, 1.165) is 11.3 Å². The lowest BCUT2D eigenvalue weighted by molar-refractivity contribution is 0.523. The van der Waals surface area contributed by atoms with Crippen LogP contribution in [0.2, 0.25) is 0 Å². The van der Waals surface area contributed by atoms with E-state index in [1.165, 1.54) is 0 Å².